The molecule has 14 heteroatoms. The van der Waals surface area contributed by atoms with Crippen molar-refractivity contribution < 1.29 is 49.1 Å². The normalized spacial score (nSPS) is 19.3. The Bertz CT molecular complexity index is 1260. The zero-order valence-electron chi connectivity index (χ0n) is 19.0. The number of nitrogens with one attached hydrogen (secondary N) is 2. The van der Waals surface area contributed by atoms with Crippen LogP contribution in [0.3, 0.4) is 0 Å². The van der Waals surface area contributed by atoms with Gasteiger partial charge in [-0.25, -0.2) is 15.3 Å². The van der Waals surface area contributed by atoms with Gasteiger partial charge in [-0.1, -0.05) is 18.2 Å². The maximum Gasteiger partial charge on any atom is 0.417 e. The average Bonchev–Trinajstić information content (AvgIpc) is 3.56. The van der Waals surface area contributed by atoms with Crippen molar-refractivity contribution in [3.8, 4) is 0 Å². The first kappa shape index (κ1) is 27.5. The summed E-state index contributed by atoms with van der Waals surface area (Å²) in [6, 6.07) is 2.52. The summed E-state index contributed by atoms with van der Waals surface area (Å²) in [4.78, 5) is 21.5. The highest BCUT2D eigenvalue weighted by Crippen LogP contribution is 2.39. The quantitative estimate of drug-likeness (QED) is 0.333. The molecule has 0 spiro atoms. The molecule has 0 aromatic heterocycles. The maximum atomic E-state index is 13.7. The Balaban J connectivity index is 1.55. The van der Waals surface area contributed by atoms with E-state index >= 15 is 0 Å². The number of rotatable bonds is 6. The van der Waals surface area contributed by atoms with E-state index in [9.17, 15) is 44.3 Å². The van der Waals surface area contributed by atoms with Crippen LogP contribution >= 0.6 is 0 Å². The molecule has 0 saturated heterocycles. The monoisotopic (exact) mass is 551 g/mol. The highest BCUT2D eigenvalue weighted by molar-refractivity contribution is 6.00. The first-order valence-electron chi connectivity index (χ1n) is 11.1. The highest BCUT2D eigenvalue weighted by Gasteiger charge is 2.43. The van der Waals surface area contributed by atoms with E-state index in [0.717, 1.165) is 37.1 Å². The molecular formula is C24H18F9N3O2. The molecule has 204 valence electrons. The summed E-state index contributed by atoms with van der Waals surface area (Å²) in [5.41, 5.74) is -1.43. The van der Waals surface area contributed by atoms with Gasteiger partial charge in [0.05, 0.1) is 11.1 Å². The van der Waals surface area contributed by atoms with Crippen LogP contribution in [0.2, 0.25) is 0 Å². The number of carbonyl (C=O) groups excluding carboxylic acids is 1. The first-order chi connectivity index (χ1) is 17.6. The van der Waals surface area contributed by atoms with Crippen molar-refractivity contribution >= 4 is 17.8 Å². The van der Waals surface area contributed by atoms with E-state index in [0.29, 0.717) is 18.2 Å². The van der Waals surface area contributed by atoms with Crippen LogP contribution in [0.4, 0.5) is 39.5 Å². The Hall–Kier alpha value is -3.55. The number of hydrogen-bond donors (Lipinski definition) is 2. The lowest BCUT2D eigenvalue weighted by molar-refractivity contribution is -0.162. The van der Waals surface area contributed by atoms with E-state index in [1.807, 2.05) is 0 Å². The van der Waals surface area contributed by atoms with Gasteiger partial charge in [0.1, 0.15) is 0 Å². The van der Waals surface area contributed by atoms with Crippen molar-refractivity contribution in [2.24, 2.45) is 10.9 Å². The van der Waals surface area contributed by atoms with Gasteiger partial charge in [-0.2, -0.15) is 39.5 Å². The van der Waals surface area contributed by atoms with Crippen LogP contribution < -0.4 is 10.8 Å². The van der Waals surface area contributed by atoms with Crippen LogP contribution in [-0.4, -0.2) is 24.1 Å². The number of carbonyl (C=O) groups is 1. The van der Waals surface area contributed by atoms with E-state index in [1.54, 1.807) is 5.32 Å². The van der Waals surface area contributed by atoms with Gasteiger partial charge >= 0.3 is 18.5 Å². The third kappa shape index (κ3) is 6.47. The van der Waals surface area contributed by atoms with Gasteiger partial charge in [0, 0.05) is 17.6 Å². The molecule has 2 N–H and O–H groups in total. The molecule has 2 unspecified atom stereocenters. The second-order valence-corrected chi connectivity index (χ2v) is 8.67. The Morgan fingerprint density at radius 3 is 2.32 bits per heavy atom. The fourth-order valence-electron chi connectivity index (χ4n) is 3.72. The van der Waals surface area contributed by atoms with Gasteiger partial charge in [-0.05, 0) is 54.3 Å². The number of hydroxylamine groups is 1. The number of halogens is 9. The molecule has 2 aromatic rings. The van der Waals surface area contributed by atoms with E-state index in [2.05, 4.69) is 10.5 Å². The summed E-state index contributed by atoms with van der Waals surface area (Å²) < 4.78 is 121. The van der Waals surface area contributed by atoms with Crippen LogP contribution in [0.15, 0.2) is 53.5 Å². The molecule has 1 aliphatic heterocycles. The molecule has 2 atom stereocenters. The summed E-state index contributed by atoms with van der Waals surface area (Å²) in [6.07, 6.45) is -12.4. The smallest absolute Gasteiger partial charge is 0.337 e. The zero-order chi connectivity index (χ0) is 27.9. The third-order valence-corrected chi connectivity index (χ3v) is 5.75. The molecule has 2 aliphatic rings. The minimum atomic E-state index is -5.16. The predicted molar refractivity (Wildman–Crippen MR) is 116 cm³/mol. The van der Waals surface area contributed by atoms with E-state index in [4.69, 9.17) is 4.84 Å². The lowest BCUT2D eigenvalue weighted by atomic mass is 10.0. The summed E-state index contributed by atoms with van der Waals surface area (Å²) in [5, 5.41) is 1.56. The van der Waals surface area contributed by atoms with E-state index in [1.165, 1.54) is 6.07 Å². The Morgan fingerprint density at radius 1 is 1.00 bits per heavy atom. The Labute approximate surface area is 209 Å². The second kappa shape index (κ2) is 9.97. The molecule has 2 aromatic carbocycles. The van der Waals surface area contributed by atoms with Crippen molar-refractivity contribution in [2.45, 2.75) is 43.6 Å². The SMILES string of the molecule is O=C(C=Cc1ccc(C2=NC(C3CC3)ON2)c(C(F)(F)F)c1)NC(c1cccc(C(F)(F)F)c1)C(F)(F)F. The number of benzene rings is 2. The molecule has 1 amide bonds. The standard InChI is InChI=1S/C24H18F9N3O2/c25-22(26,27)15-3-1-2-14(11-15)19(24(31,32)33)34-18(37)9-5-12-4-8-16(17(10-12)23(28,29)30)20-35-21(38-36-20)13-6-7-13/h1-5,8-11,13,19,21H,6-7H2,(H,34,37)(H,35,36). The Kier molecular flexibility index (Phi) is 7.21. The van der Waals surface area contributed by atoms with Crippen molar-refractivity contribution in [1.29, 1.82) is 0 Å². The van der Waals surface area contributed by atoms with Crippen molar-refractivity contribution in [2.75, 3.05) is 0 Å². The van der Waals surface area contributed by atoms with Crippen molar-refractivity contribution in [3.63, 3.8) is 0 Å². The van der Waals surface area contributed by atoms with Crippen LogP contribution in [0.25, 0.3) is 6.08 Å². The van der Waals surface area contributed by atoms with Crippen molar-refractivity contribution in [3.05, 3.63) is 76.4 Å². The molecule has 0 bridgehead atoms. The second-order valence-electron chi connectivity index (χ2n) is 8.67. The van der Waals surface area contributed by atoms with Crippen LogP contribution in [0, 0.1) is 5.92 Å². The largest absolute Gasteiger partial charge is 0.417 e. The van der Waals surface area contributed by atoms with Gasteiger partial charge in [0.25, 0.3) is 0 Å². The minimum absolute atomic E-state index is 0.117. The van der Waals surface area contributed by atoms with Gasteiger partial charge in [0.15, 0.2) is 18.1 Å². The fourth-order valence-corrected chi connectivity index (χ4v) is 3.72. The molecule has 0 radical (unpaired) electrons. The van der Waals surface area contributed by atoms with Gasteiger partial charge in [0.2, 0.25) is 5.91 Å². The van der Waals surface area contributed by atoms with Crippen LogP contribution in [0.1, 0.15) is 46.7 Å². The highest BCUT2D eigenvalue weighted by atomic mass is 19.4. The molecule has 1 saturated carbocycles. The zero-order valence-corrected chi connectivity index (χ0v) is 19.0. The molecule has 5 nitrogen and oxygen atoms in total. The van der Waals surface area contributed by atoms with Crippen LogP contribution in [-0.2, 0) is 22.0 Å². The topological polar surface area (TPSA) is 62.7 Å². The van der Waals surface area contributed by atoms with Gasteiger partial charge in [-0.15, -0.1) is 0 Å². The van der Waals surface area contributed by atoms with E-state index < -0.39 is 53.4 Å². The summed E-state index contributed by atoms with van der Waals surface area (Å²) in [7, 11) is 0. The summed E-state index contributed by atoms with van der Waals surface area (Å²) >= 11 is 0. The first-order valence-corrected chi connectivity index (χ1v) is 11.1. The Morgan fingerprint density at radius 2 is 1.71 bits per heavy atom. The fraction of sp³-hybridized carbons (Fsp3) is 0.333. The molecule has 38 heavy (non-hydrogen) atoms. The number of aliphatic imine (C=N–C) groups is 1. The lowest BCUT2D eigenvalue weighted by Crippen LogP contribution is -2.37. The number of amides is 1. The summed E-state index contributed by atoms with van der Waals surface area (Å²) in [5.74, 6) is -1.40. The summed E-state index contributed by atoms with van der Waals surface area (Å²) in [6.45, 7) is 0. The van der Waals surface area contributed by atoms with E-state index in [-0.39, 0.29) is 28.9 Å². The molecule has 1 fully saturated rings. The number of amidine groups is 1. The lowest BCUT2D eigenvalue weighted by Gasteiger charge is -2.22. The molecule has 1 heterocycles. The third-order valence-electron chi connectivity index (χ3n) is 5.75. The van der Waals surface area contributed by atoms with Gasteiger partial charge < -0.3 is 5.32 Å². The van der Waals surface area contributed by atoms with Gasteiger partial charge in [-0.3, -0.25) is 4.79 Å². The molecular weight excluding hydrogens is 533 g/mol. The van der Waals surface area contributed by atoms with Crippen molar-refractivity contribution in [1.82, 2.24) is 10.8 Å². The number of hydrogen-bond acceptors (Lipinski definition) is 4. The molecule has 1 aliphatic carbocycles. The maximum absolute atomic E-state index is 13.7. The van der Waals surface area contributed by atoms with Crippen LogP contribution in [0.5, 0.6) is 0 Å². The number of nitrogens with zero attached hydrogens (tertiary/aromatic N) is 1. The predicted octanol–water partition coefficient (Wildman–Crippen LogP) is 6.17. The number of alkyl halides is 9. The molecule has 4 rings (SSSR count). The average molecular weight is 551 g/mol. The minimum Gasteiger partial charge on any atom is -0.337 e.